The van der Waals surface area contributed by atoms with Gasteiger partial charge in [0, 0.05) is 17.5 Å². The first-order valence-corrected chi connectivity index (χ1v) is 5.50. The van der Waals surface area contributed by atoms with E-state index in [1.807, 2.05) is 13.0 Å². The van der Waals surface area contributed by atoms with E-state index in [-0.39, 0.29) is 11.9 Å². The quantitative estimate of drug-likeness (QED) is 0.464. The van der Waals surface area contributed by atoms with Crippen molar-refractivity contribution in [2.24, 2.45) is 5.84 Å². The lowest BCUT2D eigenvalue weighted by molar-refractivity contribution is 0.481. The summed E-state index contributed by atoms with van der Waals surface area (Å²) in [4.78, 5) is 0. The minimum Gasteiger partial charge on any atom is -0.271 e. The Morgan fingerprint density at radius 2 is 2.27 bits per heavy atom. The van der Waals surface area contributed by atoms with E-state index in [9.17, 15) is 4.39 Å². The van der Waals surface area contributed by atoms with E-state index in [0.29, 0.717) is 11.4 Å². The highest BCUT2D eigenvalue weighted by Crippen LogP contribution is 2.22. The van der Waals surface area contributed by atoms with Crippen LogP contribution in [0.1, 0.15) is 30.0 Å². The molecule has 0 amide bonds. The van der Waals surface area contributed by atoms with Gasteiger partial charge in [0.1, 0.15) is 5.82 Å². The number of nitrogens with two attached hydrogens (primary N) is 1. The van der Waals surface area contributed by atoms with Crippen molar-refractivity contribution >= 4 is 11.6 Å². The molecule has 2 nitrogen and oxygen atoms in total. The maximum absolute atomic E-state index is 13.5. The Labute approximate surface area is 94.6 Å². The van der Waals surface area contributed by atoms with Gasteiger partial charge in [0.05, 0.1) is 0 Å². The number of rotatable bonds is 5. The summed E-state index contributed by atoms with van der Waals surface area (Å²) in [6.07, 6.45) is 1.55. The Kier molecular flexibility index (Phi) is 5.02. The number of hydrazine groups is 1. The summed E-state index contributed by atoms with van der Waals surface area (Å²) in [5.41, 5.74) is 4.26. The molecule has 4 heteroatoms. The summed E-state index contributed by atoms with van der Waals surface area (Å²) in [7, 11) is 0. The third-order valence-electron chi connectivity index (χ3n) is 2.35. The SMILES string of the molecule is Cc1ccc(F)c(C(CCCCl)NN)c1. The molecule has 0 aliphatic heterocycles. The summed E-state index contributed by atoms with van der Waals surface area (Å²) in [6.45, 7) is 1.93. The molecule has 3 N–H and O–H groups in total. The minimum absolute atomic E-state index is 0.163. The number of halogens is 2. The van der Waals surface area contributed by atoms with Crippen LogP contribution < -0.4 is 11.3 Å². The fourth-order valence-electron chi connectivity index (χ4n) is 1.54. The molecule has 0 spiro atoms. The van der Waals surface area contributed by atoms with Crippen LogP contribution in [-0.4, -0.2) is 5.88 Å². The van der Waals surface area contributed by atoms with Gasteiger partial charge in [-0.2, -0.15) is 0 Å². The van der Waals surface area contributed by atoms with Crippen LogP contribution >= 0.6 is 11.6 Å². The molecule has 1 rings (SSSR count). The van der Waals surface area contributed by atoms with E-state index < -0.39 is 0 Å². The van der Waals surface area contributed by atoms with Crippen molar-refractivity contribution in [1.29, 1.82) is 0 Å². The van der Waals surface area contributed by atoms with Gasteiger partial charge in [-0.05, 0) is 25.8 Å². The number of nitrogens with one attached hydrogen (secondary N) is 1. The number of hydrogen-bond acceptors (Lipinski definition) is 2. The maximum atomic E-state index is 13.5. The third kappa shape index (κ3) is 3.45. The van der Waals surface area contributed by atoms with Crippen LogP contribution in [0.2, 0.25) is 0 Å². The van der Waals surface area contributed by atoms with Gasteiger partial charge < -0.3 is 0 Å². The zero-order valence-electron chi connectivity index (χ0n) is 8.76. The van der Waals surface area contributed by atoms with Gasteiger partial charge in [-0.3, -0.25) is 11.3 Å². The molecule has 0 aliphatic rings. The van der Waals surface area contributed by atoms with Crippen molar-refractivity contribution in [3.63, 3.8) is 0 Å². The molecule has 1 atom stereocenters. The van der Waals surface area contributed by atoms with E-state index in [1.165, 1.54) is 6.07 Å². The normalized spacial score (nSPS) is 12.8. The zero-order valence-corrected chi connectivity index (χ0v) is 9.52. The topological polar surface area (TPSA) is 38.0 Å². The van der Waals surface area contributed by atoms with Gasteiger partial charge in [-0.15, -0.1) is 11.6 Å². The fourth-order valence-corrected chi connectivity index (χ4v) is 1.69. The zero-order chi connectivity index (χ0) is 11.3. The van der Waals surface area contributed by atoms with Gasteiger partial charge in [0.2, 0.25) is 0 Å². The molecule has 1 unspecified atom stereocenters. The molecule has 1 aromatic carbocycles. The van der Waals surface area contributed by atoms with Crippen molar-refractivity contribution < 1.29 is 4.39 Å². The lowest BCUT2D eigenvalue weighted by Crippen LogP contribution is -2.28. The van der Waals surface area contributed by atoms with E-state index in [1.54, 1.807) is 6.07 Å². The number of hydrogen-bond donors (Lipinski definition) is 2. The van der Waals surface area contributed by atoms with E-state index in [4.69, 9.17) is 17.4 Å². The van der Waals surface area contributed by atoms with E-state index >= 15 is 0 Å². The van der Waals surface area contributed by atoms with Crippen molar-refractivity contribution in [2.45, 2.75) is 25.8 Å². The molecule has 84 valence electrons. The Bertz CT molecular complexity index is 317. The highest BCUT2D eigenvalue weighted by molar-refractivity contribution is 6.17. The molecule has 0 fully saturated rings. The highest BCUT2D eigenvalue weighted by atomic mass is 35.5. The van der Waals surface area contributed by atoms with Crippen molar-refractivity contribution in [1.82, 2.24) is 5.43 Å². The average molecular weight is 231 g/mol. The van der Waals surface area contributed by atoms with Gasteiger partial charge >= 0.3 is 0 Å². The average Bonchev–Trinajstić information content (AvgIpc) is 2.24. The Hall–Kier alpha value is -0.640. The first-order valence-electron chi connectivity index (χ1n) is 4.97. The van der Waals surface area contributed by atoms with Crippen LogP contribution in [0.4, 0.5) is 4.39 Å². The summed E-state index contributed by atoms with van der Waals surface area (Å²) < 4.78 is 13.5. The third-order valence-corrected chi connectivity index (χ3v) is 2.62. The molecule has 0 aromatic heterocycles. The lowest BCUT2D eigenvalue weighted by Gasteiger charge is -2.16. The predicted octanol–water partition coefficient (Wildman–Crippen LogP) is 2.66. The fraction of sp³-hybridized carbons (Fsp3) is 0.455. The standard InChI is InChI=1S/C11H16ClFN2/c1-8-4-5-10(13)9(7-8)11(15-14)3-2-6-12/h4-5,7,11,15H,2-3,6,14H2,1H3. The van der Waals surface area contributed by atoms with Gasteiger partial charge in [-0.25, -0.2) is 4.39 Å². The van der Waals surface area contributed by atoms with Crippen LogP contribution in [0.5, 0.6) is 0 Å². The predicted molar refractivity (Wildman–Crippen MR) is 61.2 cm³/mol. The molecule has 0 bridgehead atoms. The summed E-state index contributed by atoms with van der Waals surface area (Å²) in [5.74, 6) is 5.74. The molecule has 1 aromatic rings. The van der Waals surface area contributed by atoms with Crippen LogP contribution in [-0.2, 0) is 0 Å². The molecular formula is C11H16ClFN2. The molecular weight excluding hydrogens is 215 g/mol. The number of alkyl halides is 1. The summed E-state index contributed by atoms with van der Waals surface area (Å²) in [6, 6.07) is 4.86. The highest BCUT2D eigenvalue weighted by Gasteiger charge is 2.13. The van der Waals surface area contributed by atoms with Crippen molar-refractivity contribution in [3.8, 4) is 0 Å². The molecule has 0 saturated carbocycles. The van der Waals surface area contributed by atoms with Gasteiger partial charge in [-0.1, -0.05) is 17.7 Å². The summed E-state index contributed by atoms with van der Waals surface area (Å²) >= 11 is 5.60. The van der Waals surface area contributed by atoms with Crippen LogP contribution in [0.25, 0.3) is 0 Å². The first-order chi connectivity index (χ1) is 7.19. The first kappa shape index (κ1) is 12.4. The van der Waals surface area contributed by atoms with Crippen LogP contribution in [0.15, 0.2) is 18.2 Å². The molecule has 0 heterocycles. The number of benzene rings is 1. The minimum atomic E-state index is -0.224. The van der Waals surface area contributed by atoms with Crippen molar-refractivity contribution in [2.75, 3.05) is 5.88 Å². The second-order valence-electron chi connectivity index (χ2n) is 3.58. The van der Waals surface area contributed by atoms with Crippen LogP contribution in [0.3, 0.4) is 0 Å². The number of aryl methyl sites for hydroxylation is 1. The largest absolute Gasteiger partial charge is 0.271 e. The van der Waals surface area contributed by atoms with E-state index in [0.717, 1.165) is 18.4 Å². The van der Waals surface area contributed by atoms with Gasteiger partial charge in [0.25, 0.3) is 0 Å². The molecule has 0 radical (unpaired) electrons. The Morgan fingerprint density at radius 1 is 1.53 bits per heavy atom. The maximum Gasteiger partial charge on any atom is 0.128 e. The van der Waals surface area contributed by atoms with Gasteiger partial charge in [0.15, 0.2) is 0 Å². The van der Waals surface area contributed by atoms with E-state index in [2.05, 4.69) is 5.43 Å². The van der Waals surface area contributed by atoms with Crippen LogP contribution in [0, 0.1) is 12.7 Å². The molecule has 0 saturated heterocycles. The molecule has 15 heavy (non-hydrogen) atoms. The lowest BCUT2D eigenvalue weighted by atomic mass is 10.0. The second kappa shape index (κ2) is 6.05. The molecule has 0 aliphatic carbocycles. The summed E-state index contributed by atoms with van der Waals surface area (Å²) in [5, 5.41) is 0. The Balaban J connectivity index is 2.85. The second-order valence-corrected chi connectivity index (χ2v) is 3.95. The van der Waals surface area contributed by atoms with Crippen molar-refractivity contribution in [3.05, 3.63) is 35.1 Å². The smallest absolute Gasteiger partial charge is 0.128 e. The Morgan fingerprint density at radius 3 is 2.87 bits per heavy atom. The monoisotopic (exact) mass is 230 g/mol.